The molecule has 1 amide bonds. The second-order valence-electron chi connectivity index (χ2n) is 6.31. The molecule has 0 bridgehead atoms. The summed E-state index contributed by atoms with van der Waals surface area (Å²) in [6.45, 7) is 2.17. The van der Waals surface area contributed by atoms with Gasteiger partial charge in [0.05, 0.1) is 10.7 Å². The summed E-state index contributed by atoms with van der Waals surface area (Å²) in [6.07, 6.45) is 7.30. The summed E-state index contributed by atoms with van der Waals surface area (Å²) in [4.78, 5) is 16.8. The smallest absolute Gasteiger partial charge is 0.266 e. The van der Waals surface area contributed by atoms with Gasteiger partial charge >= 0.3 is 0 Å². The number of anilines is 1. The van der Waals surface area contributed by atoms with Crippen molar-refractivity contribution in [2.45, 2.75) is 44.9 Å². The molecule has 1 fully saturated rings. The fourth-order valence-corrected chi connectivity index (χ4v) is 3.46. The molecule has 2 aromatic rings. The molecular formula is C20H21N3OS. The first-order valence-corrected chi connectivity index (χ1v) is 9.55. The molecule has 128 valence electrons. The van der Waals surface area contributed by atoms with Crippen LogP contribution in [0.1, 0.15) is 54.8 Å². The maximum absolute atomic E-state index is 12.3. The normalized spacial score (nSPS) is 14.2. The maximum atomic E-state index is 12.3. The van der Waals surface area contributed by atoms with Crippen LogP contribution in [0, 0.1) is 11.3 Å². The molecule has 0 saturated heterocycles. The molecule has 1 aliphatic carbocycles. The molecule has 1 heterocycles. The first-order chi connectivity index (χ1) is 12.2. The van der Waals surface area contributed by atoms with E-state index in [9.17, 15) is 10.1 Å². The Hall–Kier alpha value is -2.45. The number of hydrogen-bond acceptors (Lipinski definition) is 4. The van der Waals surface area contributed by atoms with Crippen molar-refractivity contribution in [2.24, 2.45) is 0 Å². The molecule has 1 N–H and O–H groups in total. The molecule has 1 aromatic heterocycles. The first kappa shape index (κ1) is 17.4. The number of nitriles is 1. The van der Waals surface area contributed by atoms with Gasteiger partial charge in [-0.15, -0.1) is 11.3 Å². The van der Waals surface area contributed by atoms with E-state index in [-0.39, 0.29) is 5.57 Å². The summed E-state index contributed by atoms with van der Waals surface area (Å²) < 4.78 is 0. The molecule has 25 heavy (non-hydrogen) atoms. The van der Waals surface area contributed by atoms with Crippen molar-refractivity contribution in [3.8, 4) is 6.07 Å². The van der Waals surface area contributed by atoms with E-state index in [2.05, 4.69) is 17.2 Å². The summed E-state index contributed by atoms with van der Waals surface area (Å²) >= 11 is 1.60. The molecular weight excluding hydrogens is 330 g/mol. The number of nitrogens with one attached hydrogen (secondary N) is 1. The zero-order valence-electron chi connectivity index (χ0n) is 14.3. The molecule has 3 rings (SSSR count). The van der Waals surface area contributed by atoms with E-state index in [1.165, 1.54) is 18.4 Å². The van der Waals surface area contributed by atoms with Gasteiger partial charge in [-0.05, 0) is 49.5 Å². The van der Waals surface area contributed by atoms with Crippen molar-refractivity contribution < 1.29 is 4.79 Å². The summed E-state index contributed by atoms with van der Waals surface area (Å²) in [6, 6.07) is 9.77. The number of amides is 1. The first-order valence-electron chi connectivity index (χ1n) is 8.67. The Morgan fingerprint density at radius 2 is 2.16 bits per heavy atom. The Kier molecular flexibility index (Phi) is 5.62. The van der Waals surface area contributed by atoms with Gasteiger partial charge in [0.1, 0.15) is 11.6 Å². The fraction of sp³-hybridized carbons (Fsp3) is 0.350. The summed E-state index contributed by atoms with van der Waals surface area (Å²) in [5.41, 5.74) is 2.71. The number of thiazole rings is 1. The lowest BCUT2D eigenvalue weighted by molar-refractivity contribution is -0.112. The maximum Gasteiger partial charge on any atom is 0.266 e. The number of unbranched alkanes of at least 4 members (excludes halogenated alkanes) is 1. The lowest BCUT2D eigenvalue weighted by Crippen LogP contribution is -2.13. The van der Waals surface area contributed by atoms with Crippen molar-refractivity contribution in [1.29, 1.82) is 5.26 Å². The van der Waals surface area contributed by atoms with Gasteiger partial charge in [0, 0.05) is 17.0 Å². The van der Waals surface area contributed by atoms with E-state index >= 15 is 0 Å². The third-order valence-corrected chi connectivity index (χ3v) is 5.18. The fourth-order valence-electron chi connectivity index (χ4n) is 2.52. The standard InChI is InChI=1S/C20H21N3OS/c1-2-3-4-14-5-9-17(10-6-14)22-19(24)16(12-21)11-18-13-25-20(23-18)15-7-8-15/h5-6,9-11,13,15H,2-4,7-8H2,1H3,(H,22,24)/b16-11-. The van der Waals surface area contributed by atoms with E-state index in [0.717, 1.165) is 24.3 Å². The Labute approximate surface area is 152 Å². The zero-order valence-corrected chi connectivity index (χ0v) is 15.1. The van der Waals surface area contributed by atoms with Crippen molar-refractivity contribution >= 4 is 29.0 Å². The van der Waals surface area contributed by atoms with E-state index < -0.39 is 5.91 Å². The Bertz CT molecular complexity index is 810. The third-order valence-electron chi connectivity index (χ3n) is 4.15. The molecule has 1 aromatic carbocycles. The van der Waals surface area contributed by atoms with Gasteiger partial charge in [0.25, 0.3) is 5.91 Å². The zero-order chi connectivity index (χ0) is 17.6. The van der Waals surface area contributed by atoms with Crippen LogP contribution in [0.4, 0.5) is 5.69 Å². The Morgan fingerprint density at radius 1 is 1.40 bits per heavy atom. The quantitative estimate of drug-likeness (QED) is 0.569. The van der Waals surface area contributed by atoms with Crippen molar-refractivity contribution in [2.75, 3.05) is 5.32 Å². The summed E-state index contributed by atoms with van der Waals surface area (Å²) in [7, 11) is 0. The molecule has 1 saturated carbocycles. The van der Waals surface area contributed by atoms with Gasteiger partial charge in [0.2, 0.25) is 0 Å². The number of nitrogens with zero attached hydrogens (tertiary/aromatic N) is 2. The largest absolute Gasteiger partial charge is 0.321 e. The molecule has 5 heteroatoms. The summed E-state index contributed by atoms with van der Waals surface area (Å²) in [5, 5.41) is 15.1. The van der Waals surface area contributed by atoms with Crippen LogP contribution in [-0.4, -0.2) is 10.9 Å². The highest BCUT2D eigenvalue weighted by Crippen LogP contribution is 2.41. The van der Waals surface area contributed by atoms with Gasteiger partial charge in [-0.2, -0.15) is 5.26 Å². The predicted molar refractivity (Wildman–Crippen MR) is 101 cm³/mol. The third kappa shape index (κ3) is 4.77. The number of carbonyl (C=O) groups excluding carboxylic acids is 1. The molecule has 1 aliphatic rings. The average molecular weight is 351 g/mol. The van der Waals surface area contributed by atoms with E-state index in [1.54, 1.807) is 17.4 Å². The van der Waals surface area contributed by atoms with Gasteiger partial charge in [-0.3, -0.25) is 4.79 Å². The monoisotopic (exact) mass is 351 g/mol. The van der Waals surface area contributed by atoms with Crippen LogP contribution in [0.25, 0.3) is 6.08 Å². The minimum atomic E-state index is -0.398. The van der Waals surface area contributed by atoms with E-state index in [0.29, 0.717) is 17.3 Å². The highest BCUT2D eigenvalue weighted by molar-refractivity contribution is 7.09. The van der Waals surface area contributed by atoms with Crippen molar-refractivity contribution in [3.63, 3.8) is 0 Å². The number of hydrogen-bond donors (Lipinski definition) is 1. The van der Waals surface area contributed by atoms with Crippen LogP contribution in [0.2, 0.25) is 0 Å². The lowest BCUT2D eigenvalue weighted by atomic mass is 10.1. The highest BCUT2D eigenvalue weighted by Gasteiger charge is 2.26. The van der Waals surface area contributed by atoms with Crippen molar-refractivity contribution in [3.05, 3.63) is 51.5 Å². The Morgan fingerprint density at radius 3 is 2.80 bits per heavy atom. The van der Waals surface area contributed by atoms with Crippen LogP contribution in [0.5, 0.6) is 0 Å². The molecule has 0 spiro atoms. The second kappa shape index (κ2) is 8.09. The SMILES string of the molecule is CCCCc1ccc(NC(=O)/C(C#N)=C\c2csc(C3CC3)n2)cc1. The number of aryl methyl sites for hydroxylation is 1. The molecule has 0 unspecified atom stereocenters. The second-order valence-corrected chi connectivity index (χ2v) is 7.20. The predicted octanol–water partition coefficient (Wildman–Crippen LogP) is 4.91. The number of rotatable bonds is 7. The van der Waals surface area contributed by atoms with Crippen LogP contribution in [0.3, 0.4) is 0 Å². The number of aromatic nitrogens is 1. The highest BCUT2D eigenvalue weighted by atomic mass is 32.1. The van der Waals surface area contributed by atoms with Crippen LogP contribution >= 0.6 is 11.3 Å². The van der Waals surface area contributed by atoms with Gasteiger partial charge in [-0.25, -0.2) is 4.98 Å². The van der Waals surface area contributed by atoms with E-state index in [4.69, 9.17) is 0 Å². The van der Waals surface area contributed by atoms with Crippen LogP contribution in [0.15, 0.2) is 35.2 Å². The number of carbonyl (C=O) groups is 1. The van der Waals surface area contributed by atoms with Gasteiger partial charge in [0.15, 0.2) is 0 Å². The lowest BCUT2D eigenvalue weighted by Gasteiger charge is -2.05. The molecule has 4 nitrogen and oxygen atoms in total. The summed E-state index contributed by atoms with van der Waals surface area (Å²) in [5.74, 6) is 0.183. The Balaban J connectivity index is 1.65. The average Bonchev–Trinajstić information content (AvgIpc) is 3.38. The number of benzene rings is 1. The minimum absolute atomic E-state index is 0.0720. The molecule has 0 atom stereocenters. The van der Waals surface area contributed by atoms with Gasteiger partial charge < -0.3 is 5.32 Å². The van der Waals surface area contributed by atoms with Crippen LogP contribution in [-0.2, 0) is 11.2 Å². The van der Waals surface area contributed by atoms with Crippen molar-refractivity contribution in [1.82, 2.24) is 4.98 Å². The topological polar surface area (TPSA) is 65.8 Å². The van der Waals surface area contributed by atoms with Gasteiger partial charge in [-0.1, -0.05) is 25.5 Å². The van der Waals surface area contributed by atoms with Crippen LogP contribution < -0.4 is 5.32 Å². The molecule has 0 aliphatic heterocycles. The molecule has 0 radical (unpaired) electrons. The van der Waals surface area contributed by atoms with E-state index in [1.807, 2.05) is 35.7 Å². The minimum Gasteiger partial charge on any atom is -0.321 e.